The summed E-state index contributed by atoms with van der Waals surface area (Å²) in [7, 11) is 0. The summed E-state index contributed by atoms with van der Waals surface area (Å²) in [6.45, 7) is 1.60. The molecule has 0 unspecified atom stereocenters. The van der Waals surface area contributed by atoms with Gasteiger partial charge in [-0.15, -0.1) is 0 Å². The fourth-order valence-corrected chi connectivity index (χ4v) is 0. The number of hydrogen-bond acceptors (Lipinski definition) is 1. The van der Waals surface area contributed by atoms with E-state index in [0.717, 1.165) is 0 Å². The summed E-state index contributed by atoms with van der Waals surface area (Å²) in [6.07, 6.45) is 0.222. The van der Waals surface area contributed by atoms with Crippen LogP contribution < -0.4 is 0 Å². The molecule has 0 heterocycles. The van der Waals surface area contributed by atoms with Gasteiger partial charge in [0.2, 0.25) is 0 Å². The molecule has 0 radical (unpaired) electrons. The summed E-state index contributed by atoms with van der Waals surface area (Å²) in [5.74, 6) is -0.745. The molecule has 0 aromatic carbocycles. The van der Waals surface area contributed by atoms with Crippen molar-refractivity contribution in [3.63, 3.8) is 0 Å². The molecule has 0 aromatic rings. The average Bonchev–Trinajstić information content (AvgIpc) is 1.38. The second-order valence-electron chi connectivity index (χ2n) is 0.747. The summed E-state index contributed by atoms with van der Waals surface area (Å²) in [5.41, 5.74) is 0. The molecule has 0 saturated carbocycles. The third-order valence-electron chi connectivity index (χ3n) is 0.302. The Kier molecular flexibility index (Phi) is 21.2. The Labute approximate surface area is 56.9 Å². The van der Waals surface area contributed by atoms with E-state index in [4.69, 9.17) is 5.11 Å². The molecule has 0 aliphatic carbocycles. The van der Waals surface area contributed by atoms with E-state index < -0.39 is 5.97 Å². The van der Waals surface area contributed by atoms with Crippen LogP contribution in [0.15, 0.2) is 0 Å². The van der Waals surface area contributed by atoms with Gasteiger partial charge < -0.3 is 10.6 Å². The molecule has 7 heavy (non-hydrogen) atoms. The number of carboxylic acid groups (broad SMARTS) is 1. The predicted octanol–water partition coefficient (Wildman–Crippen LogP) is -0.346. The van der Waals surface area contributed by atoms with E-state index in [1.807, 2.05) is 0 Å². The van der Waals surface area contributed by atoms with Crippen molar-refractivity contribution in [2.24, 2.45) is 0 Å². The minimum atomic E-state index is -0.745. The minimum absolute atomic E-state index is 0. The average molecular weight is 140 g/mol. The van der Waals surface area contributed by atoms with Gasteiger partial charge in [-0.3, -0.25) is 4.79 Å². The molecule has 0 amide bonds. The summed E-state index contributed by atoms with van der Waals surface area (Å²) in [4.78, 5) is 9.37. The smallest absolute Gasteiger partial charge is 0.303 e. The molecule has 0 spiro atoms. The van der Waals surface area contributed by atoms with Gasteiger partial charge in [-0.1, -0.05) is 6.92 Å². The molecule has 0 saturated heterocycles. The van der Waals surface area contributed by atoms with Crippen LogP contribution in [0.25, 0.3) is 0 Å². The maximum atomic E-state index is 9.37. The molecule has 3 N–H and O–H groups in total. The van der Waals surface area contributed by atoms with Crippen molar-refractivity contribution in [2.75, 3.05) is 0 Å². The Morgan fingerprint density at radius 1 is 1.71 bits per heavy atom. The molecule has 0 atom stereocenters. The fourth-order valence-electron chi connectivity index (χ4n) is 0. The van der Waals surface area contributed by atoms with Crippen molar-refractivity contribution < 1.29 is 37.1 Å². The summed E-state index contributed by atoms with van der Waals surface area (Å²) >= 11 is 0. The van der Waals surface area contributed by atoms with Crippen molar-refractivity contribution in [1.29, 1.82) is 0 Å². The zero-order chi connectivity index (χ0) is 4.28. The third-order valence-corrected chi connectivity index (χ3v) is 0.302. The maximum Gasteiger partial charge on any atom is 0.303 e. The quantitative estimate of drug-likeness (QED) is 0.506. The predicted molar refractivity (Wildman–Crippen MR) is 21.5 cm³/mol. The number of carboxylic acids is 1. The first-order chi connectivity index (χ1) is 2.27. The minimum Gasteiger partial charge on any atom is -0.481 e. The monoisotopic (exact) mass is 140 g/mol. The van der Waals surface area contributed by atoms with Crippen molar-refractivity contribution in [2.45, 2.75) is 13.3 Å². The standard InChI is InChI=1S/C3H6O2.H2O.Ti/c1-2-3(4)5;;/h2H2,1H3,(H,4,5);1H2;. The molecule has 0 rings (SSSR count). The van der Waals surface area contributed by atoms with Gasteiger partial charge in [0.05, 0.1) is 0 Å². The first-order valence-corrected chi connectivity index (χ1v) is 1.49. The first kappa shape index (κ1) is 15.7. The molecular formula is C3H8O3Ti. The zero-order valence-corrected chi connectivity index (χ0v) is 5.62. The molecule has 4 heteroatoms. The van der Waals surface area contributed by atoms with Gasteiger partial charge in [0.15, 0.2) is 0 Å². The third kappa shape index (κ3) is 23.0. The van der Waals surface area contributed by atoms with Crippen molar-refractivity contribution in [3.05, 3.63) is 0 Å². The summed E-state index contributed by atoms with van der Waals surface area (Å²) in [5, 5.41) is 7.72. The number of aliphatic carboxylic acids is 1. The van der Waals surface area contributed by atoms with Crippen LogP contribution >= 0.6 is 0 Å². The van der Waals surface area contributed by atoms with Crippen LogP contribution in [-0.4, -0.2) is 16.6 Å². The van der Waals surface area contributed by atoms with Crippen LogP contribution in [0.3, 0.4) is 0 Å². The van der Waals surface area contributed by atoms with Crippen molar-refractivity contribution in [3.8, 4) is 0 Å². The van der Waals surface area contributed by atoms with Crippen molar-refractivity contribution >= 4 is 5.97 Å². The second-order valence-corrected chi connectivity index (χ2v) is 0.747. The van der Waals surface area contributed by atoms with Gasteiger partial charge in [0.25, 0.3) is 0 Å². The largest absolute Gasteiger partial charge is 0.481 e. The number of carbonyl (C=O) groups is 1. The van der Waals surface area contributed by atoms with E-state index >= 15 is 0 Å². The summed E-state index contributed by atoms with van der Waals surface area (Å²) in [6, 6.07) is 0. The Bertz CT molecular complexity index is 45.4. The van der Waals surface area contributed by atoms with E-state index in [9.17, 15) is 4.79 Å². The van der Waals surface area contributed by atoms with E-state index in [1.54, 1.807) is 6.92 Å². The number of hydrogen-bond donors (Lipinski definition) is 1. The van der Waals surface area contributed by atoms with Gasteiger partial charge >= 0.3 is 5.97 Å². The molecule has 0 bridgehead atoms. The van der Waals surface area contributed by atoms with E-state index in [1.165, 1.54) is 0 Å². The Morgan fingerprint density at radius 3 is 1.86 bits per heavy atom. The fraction of sp³-hybridized carbons (Fsp3) is 0.667. The van der Waals surface area contributed by atoms with E-state index in [-0.39, 0.29) is 33.6 Å². The SMILES string of the molecule is CCC(=O)O.O.[Ti]. The molecule has 0 aromatic heterocycles. The molecule has 0 fully saturated rings. The summed E-state index contributed by atoms with van der Waals surface area (Å²) < 4.78 is 0. The Hall–Kier alpha value is 0.144. The molecule has 3 nitrogen and oxygen atoms in total. The topological polar surface area (TPSA) is 68.8 Å². The second kappa shape index (κ2) is 9.47. The van der Waals surface area contributed by atoms with Crippen LogP contribution in [0.1, 0.15) is 13.3 Å². The van der Waals surface area contributed by atoms with Gasteiger partial charge in [-0.05, 0) is 0 Å². The van der Waals surface area contributed by atoms with Crippen molar-refractivity contribution in [1.82, 2.24) is 0 Å². The normalized spacial score (nSPS) is 5.29. The molecule has 0 aliphatic rings. The van der Waals surface area contributed by atoms with Crippen LogP contribution in [-0.2, 0) is 26.5 Å². The Morgan fingerprint density at radius 2 is 1.86 bits per heavy atom. The van der Waals surface area contributed by atoms with E-state index in [2.05, 4.69) is 0 Å². The van der Waals surface area contributed by atoms with Gasteiger partial charge in [-0.25, -0.2) is 0 Å². The Balaban J connectivity index is -0.0000000800. The number of rotatable bonds is 1. The van der Waals surface area contributed by atoms with Crippen LogP contribution in [0.5, 0.6) is 0 Å². The van der Waals surface area contributed by atoms with Crippen LogP contribution in [0.2, 0.25) is 0 Å². The van der Waals surface area contributed by atoms with Gasteiger partial charge in [-0.2, -0.15) is 0 Å². The maximum absolute atomic E-state index is 9.37. The van der Waals surface area contributed by atoms with Gasteiger partial charge in [0.1, 0.15) is 0 Å². The van der Waals surface area contributed by atoms with Gasteiger partial charge in [0, 0.05) is 28.1 Å². The molecular weight excluding hydrogens is 132 g/mol. The van der Waals surface area contributed by atoms with E-state index in [0.29, 0.717) is 0 Å². The molecule has 42 valence electrons. The van der Waals surface area contributed by atoms with Crippen LogP contribution in [0, 0.1) is 0 Å². The van der Waals surface area contributed by atoms with Crippen LogP contribution in [0.4, 0.5) is 0 Å². The first-order valence-electron chi connectivity index (χ1n) is 1.49. The zero-order valence-electron chi connectivity index (χ0n) is 4.06. The molecule has 0 aliphatic heterocycles.